The molecule has 1 aliphatic rings. The Morgan fingerprint density at radius 2 is 2.04 bits per heavy atom. The second-order valence-electron chi connectivity index (χ2n) is 6.32. The van der Waals surface area contributed by atoms with Crippen LogP contribution in [0.15, 0.2) is 36.8 Å². The third-order valence-electron chi connectivity index (χ3n) is 4.41. The highest BCUT2D eigenvalue weighted by atomic mass is 19.4. The van der Waals surface area contributed by atoms with E-state index < -0.39 is 29.6 Å². The van der Waals surface area contributed by atoms with Crippen molar-refractivity contribution in [2.24, 2.45) is 0 Å². The topological polar surface area (TPSA) is 95.4 Å². The number of alkyl halides is 3. The highest BCUT2D eigenvalue weighted by Gasteiger charge is 2.34. The van der Waals surface area contributed by atoms with Gasteiger partial charge in [-0.05, 0) is 31.0 Å². The first-order valence-corrected chi connectivity index (χ1v) is 8.51. The standard InChI is InChI=1S/C18H17F3N4O3/c19-18(20,21)12-6-11(17(28)25-5-1-2-14(25)10-26)7-13(8-12)24-16(27)15-9-22-3-4-23-15/h3-4,6-9,14,26H,1-2,5,10H2,(H,24,27)/t14-/m0/s1. The first kappa shape index (κ1) is 19.7. The molecule has 2 N–H and O–H groups in total. The number of likely N-dealkylation sites (tertiary alicyclic amines) is 1. The van der Waals surface area contributed by atoms with Gasteiger partial charge in [0, 0.05) is 30.2 Å². The number of aliphatic hydroxyl groups excluding tert-OH is 1. The molecule has 1 aromatic carbocycles. The van der Waals surface area contributed by atoms with E-state index >= 15 is 0 Å². The van der Waals surface area contributed by atoms with E-state index in [1.807, 2.05) is 0 Å². The Balaban J connectivity index is 1.93. The average molecular weight is 394 g/mol. The molecule has 0 spiro atoms. The monoisotopic (exact) mass is 394 g/mol. The minimum atomic E-state index is -4.70. The molecule has 10 heteroatoms. The largest absolute Gasteiger partial charge is 0.416 e. The number of nitrogens with one attached hydrogen (secondary N) is 1. The van der Waals surface area contributed by atoms with Crippen molar-refractivity contribution in [3.63, 3.8) is 0 Å². The molecule has 3 rings (SSSR count). The molecular formula is C18H17F3N4O3. The van der Waals surface area contributed by atoms with Crippen molar-refractivity contribution in [2.75, 3.05) is 18.5 Å². The molecule has 0 saturated carbocycles. The Morgan fingerprint density at radius 1 is 1.25 bits per heavy atom. The number of nitrogens with zero attached hydrogens (tertiary/aromatic N) is 3. The van der Waals surface area contributed by atoms with Crippen molar-refractivity contribution in [1.82, 2.24) is 14.9 Å². The second kappa shape index (κ2) is 7.93. The summed E-state index contributed by atoms with van der Waals surface area (Å²) in [6, 6.07) is 2.24. The van der Waals surface area contributed by atoms with Crippen LogP contribution in [0.5, 0.6) is 0 Å². The number of aliphatic hydroxyl groups is 1. The predicted octanol–water partition coefficient (Wildman–Crippen LogP) is 2.34. The first-order valence-electron chi connectivity index (χ1n) is 8.51. The van der Waals surface area contributed by atoms with Crippen molar-refractivity contribution >= 4 is 17.5 Å². The van der Waals surface area contributed by atoms with Gasteiger partial charge in [0.1, 0.15) is 5.69 Å². The van der Waals surface area contributed by atoms with Crippen molar-refractivity contribution in [3.8, 4) is 0 Å². The number of benzene rings is 1. The molecule has 0 unspecified atom stereocenters. The van der Waals surface area contributed by atoms with Crippen LogP contribution >= 0.6 is 0 Å². The van der Waals surface area contributed by atoms with Gasteiger partial charge >= 0.3 is 6.18 Å². The second-order valence-corrected chi connectivity index (χ2v) is 6.32. The van der Waals surface area contributed by atoms with Gasteiger partial charge in [-0.3, -0.25) is 14.6 Å². The fourth-order valence-electron chi connectivity index (χ4n) is 3.06. The molecule has 0 bridgehead atoms. The Kier molecular flexibility index (Phi) is 5.59. The molecule has 2 amide bonds. The van der Waals surface area contributed by atoms with Crippen molar-refractivity contribution in [3.05, 3.63) is 53.6 Å². The van der Waals surface area contributed by atoms with E-state index in [1.165, 1.54) is 29.6 Å². The molecule has 7 nitrogen and oxygen atoms in total. The third-order valence-corrected chi connectivity index (χ3v) is 4.41. The van der Waals surface area contributed by atoms with Gasteiger partial charge < -0.3 is 15.3 Å². The highest BCUT2D eigenvalue weighted by Crippen LogP contribution is 2.33. The minimum absolute atomic E-state index is 0.0762. The smallest absolute Gasteiger partial charge is 0.394 e. The van der Waals surface area contributed by atoms with E-state index in [4.69, 9.17) is 0 Å². The molecule has 148 valence electrons. The Morgan fingerprint density at radius 3 is 2.68 bits per heavy atom. The van der Waals surface area contributed by atoms with Crippen LogP contribution in [-0.4, -0.2) is 51.0 Å². The lowest BCUT2D eigenvalue weighted by Crippen LogP contribution is -2.37. The summed E-state index contributed by atoms with van der Waals surface area (Å²) >= 11 is 0. The fourth-order valence-corrected chi connectivity index (χ4v) is 3.06. The van der Waals surface area contributed by atoms with Crippen molar-refractivity contribution < 1.29 is 27.9 Å². The number of hydrogen-bond donors (Lipinski definition) is 2. The molecule has 0 aliphatic carbocycles. The summed E-state index contributed by atoms with van der Waals surface area (Å²) in [6.07, 6.45) is 0.336. The maximum absolute atomic E-state index is 13.3. The van der Waals surface area contributed by atoms with Crippen LogP contribution < -0.4 is 5.32 Å². The van der Waals surface area contributed by atoms with Crippen LogP contribution in [0.25, 0.3) is 0 Å². The average Bonchev–Trinajstić information content (AvgIpc) is 3.16. The number of carbonyl (C=O) groups excluding carboxylic acids is 2. The van der Waals surface area contributed by atoms with Gasteiger partial charge in [-0.15, -0.1) is 0 Å². The van der Waals surface area contributed by atoms with E-state index in [9.17, 15) is 27.9 Å². The number of rotatable bonds is 4. The molecule has 2 heterocycles. The number of anilines is 1. The van der Waals surface area contributed by atoms with Crippen LogP contribution in [0.4, 0.5) is 18.9 Å². The van der Waals surface area contributed by atoms with E-state index in [2.05, 4.69) is 15.3 Å². The maximum Gasteiger partial charge on any atom is 0.416 e. The van der Waals surface area contributed by atoms with Gasteiger partial charge in [-0.1, -0.05) is 0 Å². The van der Waals surface area contributed by atoms with Gasteiger partial charge in [0.2, 0.25) is 0 Å². The number of carbonyl (C=O) groups is 2. The van der Waals surface area contributed by atoms with Crippen LogP contribution in [0, 0.1) is 0 Å². The van der Waals surface area contributed by atoms with E-state index in [0.29, 0.717) is 19.4 Å². The molecule has 1 aliphatic heterocycles. The fraction of sp³-hybridized carbons (Fsp3) is 0.333. The van der Waals surface area contributed by atoms with Gasteiger partial charge in [0.25, 0.3) is 11.8 Å². The van der Waals surface area contributed by atoms with E-state index in [0.717, 1.165) is 12.1 Å². The summed E-state index contributed by atoms with van der Waals surface area (Å²) in [5.41, 5.74) is -1.54. The SMILES string of the molecule is O=C(Nc1cc(C(=O)N2CCC[C@H]2CO)cc(C(F)(F)F)c1)c1cnccn1. The zero-order valence-corrected chi connectivity index (χ0v) is 14.6. The third kappa shape index (κ3) is 4.28. The predicted molar refractivity (Wildman–Crippen MR) is 92.6 cm³/mol. The summed E-state index contributed by atoms with van der Waals surface area (Å²) < 4.78 is 39.9. The summed E-state index contributed by atoms with van der Waals surface area (Å²) in [6.45, 7) is 0.0859. The molecule has 0 radical (unpaired) electrons. The molecule has 2 aromatic rings. The molecular weight excluding hydrogens is 377 g/mol. The van der Waals surface area contributed by atoms with E-state index in [1.54, 1.807) is 0 Å². The quantitative estimate of drug-likeness (QED) is 0.830. The van der Waals surface area contributed by atoms with Gasteiger partial charge in [0.15, 0.2) is 0 Å². The summed E-state index contributed by atoms with van der Waals surface area (Å²) in [7, 11) is 0. The lowest BCUT2D eigenvalue weighted by atomic mass is 10.1. The zero-order valence-electron chi connectivity index (χ0n) is 14.6. The number of aromatic nitrogens is 2. The van der Waals surface area contributed by atoms with Crippen LogP contribution in [0.3, 0.4) is 0 Å². The summed E-state index contributed by atoms with van der Waals surface area (Å²) in [5.74, 6) is -1.38. The molecule has 1 fully saturated rings. The van der Waals surface area contributed by atoms with Gasteiger partial charge in [0.05, 0.1) is 24.4 Å². The Hall–Kier alpha value is -3.01. The number of hydrogen-bond acceptors (Lipinski definition) is 5. The normalized spacial score (nSPS) is 16.9. The van der Waals surface area contributed by atoms with Crippen LogP contribution in [0.2, 0.25) is 0 Å². The zero-order chi connectivity index (χ0) is 20.3. The number of halogens is 3. The highest BCUT2D eigenvalue weighted by molar-refractivity contribution is 6.04. The maximum atomic E-state index is 13.3. The molecule has 1 saturated heterocycles. The van der Waals surface area contributed by atoms with Crippen molar-refractivity contribution in [1.29, 1.82) is 0 Å². The molecule has 1 aromatic heterocycles. The van der Waals surface area contributed by atoms with E-state index in [-0.39, 0.29) is 23.6 Å². The summed E-state index contributed by atoms with van der Waals surface area (Å²) in [5, 5.41) is 11.7. The first-order chi connectivity index (χ1) is 13.3. The Bertz CT molecular complexity index is 874. The van der Waals surface area contributed by atoms with Gasteiger partial charge in [-0.25, -0.2) is 4.98 Å². The number of amides is 2. The van der Waals surface area contributed by atoms with Gasteiger partial charge in [-0.2, -0.15) is 13.2 Å². The summed E-state index contributed by atoms with van der Waals surface area (Å²) in [4.78, 5) is 33.8. The van der Waals surface area contributed by atoms with Crippen LogP contribution in [0.1, 0.15) is 39.3 Å². The lowest BCUT2D eigenvalue weighted by Gasteiger charge is -2.24. The van der Waals surface area contributed by atoms with Crippen LogP contribution in [-0.2, 0) is 6.18 Å². The minimum Gasteiger partial charge on any atom is -0.394 e. The lowest BCUT2D eigenvalue weighted by molar-refractivity contribution is -0.137. The van der Waals surface area contributed by atoms with Crippen molar-refractivity contribution in [2.45, 2.75) is 25.1 Å². The Labute approximate surface area is 158 Å². The molecule has 28 heavy (non-hydrogen) atoms. The molecule has 1 atom stereocenters.